The molecule has 1 unspecified atom stereocenters. The summed E-state index contributed by atoms with van der Waals surface area (Å²) in [4.78, 5) is 27.4. The molecule has 2 aliphatic heterocycles. The molecule has 2 rings (SSSR count). The molecule has 0 bridgehead atoms. The van der Waals surface area contributed by atoms with Crippen LogP contribution in [0.2, 0.25) is 18.1 Å². The Labute approximate surface area is 240 Å². The number of hydrogen-bond acceptors (Lipinski definition) is 5. The second-order valence-corrected chi connectivity index (χ2v) is 19.0. The van der Waals surface area contributed by atoms with Gasteiger partial charge >= 0.3 is 12.1 Å². The first-order valence-electron chi connectivity index (χ1n) is 15.7. The van der Waals surface area contributed by atoms with E-state index in [-0.39, 0.29) is 35.3 Å². The number of unbranched alkanes of at least 4 members (excludes halogenated alkanes) is 9. The number of carbonyl (C=O) groups is 2. The van der Waals surface area contributed by atoms with Crippen molar-refractivity contribution in [2.75, 3.05) is 0 Å². The first-order chi connectivity index (χ1) is 18.2. The summed E-state index contributed by atoms with van der Waals surface area (Å²) in [5, 5.41) is 0.0709. The average Bonchev–Trinajstić information content (AvgIpc) is 3.44. The molecule has 0 spiro atoms. The molecule has 0 radical (unpaired) electrons. The normalized spacial score (nSPS) is 22.8. The van der Waals surface area contributed by atoms with Gasteiger partial charge in [0.2, 0.25) is 0 Å². The number of amides is 1. The van der Waals surface area contributed by atoms with E-state index < -0.39 is 20.0 Å². The number of rotatable bonds is 15. The first-order valence-corrected chi connectivity index (χ1v) is 18.6. The van der Waals surface area contributed by atoms with Gasteiger partial charge in [-0.15, -0.1) is 0 Å². The molecule has 2 heterocycles. The molecule has 1 saturated heterocycles. The van der Waals surface area contributed by atoms with E-state index in [2.05, 4.69) is 40.8 Å². The van der Waals surface area contributed by atoms with Crippen molar-refractivity contribution in [1.29, 1.82) is 0 Å². The van der Waals surface area contributed by atoms with Crippen LogP contribution in [0, 0.1) is 0 Å². The number of esters is 1. The molecule has 1 fully saturated rings. The molecule has 226 valence electrons. The van der Waals surface area contributed by atoms with E-state index in [0.29, 0.717) is 0 Å². The quantitative estimate of drug-likeness (QED) is 0.113. The zero-order valence-corrected chi connectivity index (χ0v) is 27.6. The number of hydrogen-bond donors (Lipinski definition) is 0. The minimum Gasteiger partial charge on any atom is -0.453 e. The van der Waals surface area contributed by atoms with E-state index in [9.17, 15) is 9.59 Å². The second-order valence-electron chi connectivity index (χ2n) is 14.2. The Morgan fingerprint density at radius 1 is 0.974 bits per heavy atom. The van der Waals surface area contributed by atoms with Crippen LogP contribution < -0.4 is 0 Å². The van der Waals surface area contributed by atoms with Crippen molar-refractivity contribution in [3.8, 4) is 0 Å². The molecule has 6 nitrogen and oxygen atoms in total. The third-order valence-electron chi connectivity index (χ3n) is 8.65. The molecule has 2 aliphatic rings. The molecule has 39 heavy (non-hydrogen) atoms. The topological polar surface area (TPSA) is 65.1 Å². The summed E-state index contributed by atoms with van der Waals surface area (Å²) >= 11 is 0. The summed E-state index contributed by atoms with van der Waals surface area (Å²) in [6.45, 7) is 19.3. The van der Waals surface area contributed by atoms with Crippen LogP contribution in [0.5, 0.6) is 0 Å². The third kappa shape index (κ3) is 10.9. The van der Waals surface area contributed by atoms with Crippen LogP contribution in [0.1, 0.15) is 132 Å². The van der Waals surface area contributed by atoms with Gasteiger partial charge in [0.15, 0.2) is 8.32 Å². The fourth-order valence-corrected chi connectivity index (χ4v) is 6.83. The zero-order chi connectivity index (χ0) is 29.3. The Hall–Kier alpha value is -1.34. The fourth-order valence-electron chi connectivity index (χ4n) is 5.45. The predicted molar refractivity (Wildman–Crippen MR) is 162 cm³/mol. The van der Waals surface area contributed by atoms with Gasteiger partial charge in [-0.1, -0.05) is 91.9 Å². The standard InChI is InChI=1S/C32H59NO5Si/c1-10-11-12-13-14-15-16-17-18-19-20-28(38-39(8,9)32(5,6)7)26-22-21-25(27-23-24-29(34)36-27)33(26)30(35)37-31(2,3)4/h23-28H,10-22H2,1-9H3/t25?,26-,27+,28-/m0/s1. The van der Waals surface area contributed by atoms with E-state index in [1.54, 1.807) is 6.08 Å². The Morgan fingerprint density at radius 3 is 2.03 bits per heavy atom. The van der Waals surface area contributed by atoms with Crippen molar-refractivity contribution in [3.63, 3.8) is 0 Å². The highest BCUT2D eigenvalue weighted by atomic mass is 28.4. The summed E-state index contributed by atoms with van der Waals surface area (Å²) in [5.74, 6) is -0.341. The lowest BCUT2D eigenvalue weighted by Crippen LogP contribution is -2.55. The van der Waals surface area contributed by atoms with Gasteiger partial charge in [0.1, 0.15) is 11.7 Å². The molecular weight excluding hydrogens is 506 g/mol. The largest absolute Gasteiger partial charge is 0.453 e. The number of cyclic esters (lactones) is 1. The summed E-state index contributed by atoms with van der Waals surface area (Å²) in [6.07, 6.45) is 17.9. The summed E-state index contributed by atoms with van der Waals surface area (Å²) in [7, 11) is -2.09. The predicted octanol–water partition coefficient (Wildman–Crippen LogP) is 8.94. The average molecular weight is 566 g/mol. The monoisotopic (exact) mass is 565 g/mol. The van der Waals surface area contributed by atoms with Crippen molar-refractivity contribution in [2.45, 2.75) is 180 Å². The maximum absolute atomic E-state index is 13.6. The van der Waals surface area contributed by atoms with E-state index >= 15 is 0 Å². The number of likely N-dealkylation sites (tertiary alicyclic amines) is 1. The summed E-state index contributed by atoms with van der Waals surface area (Å²) < 4.78 is 18.5. The van der Waals surface area contributed by atoms with Crippen molar-refractivity contribution < 1.29 is 23.5 Å². The van der Waals surface area contributed by atoms with Gasteiger partial charge < -0.3 is 13.9 Å². The molecular formula is C32H59NO5Si. The smallest absolute Gasteiger partial charge is 0.411 e. The van der Waals surface area contributed by atoms with Crippen LogP contribution in [0.3, 0.4) is 0 Å². The van der Waals surface area contributed by atoms with Gasteiger partial charge in [0, 0.05) is 6.08 Å². The van der Waals surface area contributed by atoms with Crippen molar-refractivity contribution >= 4 is 20.4 Å². The van der Waals surface area contributed by atoms with E-state index in [1.807, 2.05) is 25.7 Å². The minimum atomic E-state index is -2.09. The minimum absolute atomic E-state index is 0.0569. The van der Waals surface area contributed by atoms with Crippen molar-refractivity contribution in [3.05, 3.63) is 12.2 Å². The highest BCUT2D eigenvalue weighted by molar-refractivity contribution is 6.74. The molecule has 0 N–H and O–H groups in total. The van der Waals surface area contributed by atoms with Gasteiger partial charge in [0.05, 0.1) is 18.2 Å². The number of carbonyl (C=O) groups excluding carboxylic acids is 2. The number of ether oxygens (including phenoxy) is 2. The Kier molecular flexibility index (Phi) is 13.1. The molecule has 0 aromatic heterocycles. The van der Waals surface area contributed by atoms with Crippen LogP contribution >= 0.6 is 0 Å². The maximum Gasteiger partial charge on any atom is 0.411 e. The summed E-state index contributed by atoms with van der Waals surface area (Å²) in [6, 6.07) is -0.323. The lowest BCUT2D eigenvalue weighted by molar-refractivity contribution is -0.141. The first kappa shape index (κ1) is 33.9. The maximum atomic E-state index is 13.6. The van der Waals surface area contributed by atoms with Crippen LogP contribution in [0.4, 0.5) is 4.79 Å². The Bertz CT molecular complexity index is 797. The van der Waals surface area contributed by atoms with Crippen molar-refractivity contribution in [1.82, 2.24) is 4.90 Å². The van der Waals surface area contributed by atoms with Gasteiger partial charge in [-0.3, -0.25) is 4.90 Å². The molecule has 0 aliphatic carbocycles. The van der Waals surface area contributed by atoms with Gasteiger partial charge in [0.25, 0.3) is 0 Å². The highest BCUT2D eigenvalue weighted by Gasteiger charge is 2.49. The van der Waals surface area contributed by atoms with Crippen LogP contribution in [-0.2, 0) is 18.7 Å². The molecule has 0 aromatic carbocycles. The van der Waals surface area contributed by atoms with Crippen molar-refractivity contribution in [2.24, 2.45) is 0 Å². The fraction of sp³-hybridized carbons (Fsp3) is 0.875. The lowest BCUT2D eigenvalue weighted by atomic mass is 10.0. The number of nitrogens with zero attached hydrogens (tertiary/aromatic N) is 1. The SMILES string of the molecule is CCCCCCCCCCCC[C@H](O[Si](C)(C)C(C)(C)C)[C@@H]1CCC([C@H]2C=CC(=O)O2)N1C(=O)OC(C)(C)C. The van der Waals surface area contributed by atoms with E-state index in [4.69, 9.17) is 13.9 Å². The third-order valence-corrected chi connectivity index (χ3v) is 13.2. The van der Waals surface area contributed by atoms with Gasteiger partial charge in [-0.2, -0.15) is 0 Å². The van der Waals surface area contributed by atoms with Gasteiger partial charge in [-0.05, 0) is 64.2 Å². The molecule has 0 saturated carbocycles. The lowest BCUT2D eigenvalue weighted by Gasteiger charge is -2.43. The van der Waals surface area contributed by atoms with Crippen LogP contribution in [0.25, 0.3) is 0 Å². The molecule has 7 heteroatoms. The molecule has 0 aromatic rings. The Balaban J connectivity index is 2.13. The van der Waals surface area contributed by atoms with Crippen LogP contribution in [0.15, 0.2) is 12.2 Å². The molecule has 1 amide bonds. The van der Waals surface area contributed by atoms with E-state index in [1.165, 1.54) is 63.9 Å². The molecule has 4 atom stereocenters. The van der Waals surface area contributed by atoms with Gasteiger partial charge in [-0.25, -0.2) is 9.59 Å². The van der Waals surface area contributed by atoms with Crippen LogP contribution in [-0.4, -0.2) is 55.2 Å². The summed E-state index contributed by atoms with van der Waals surface area (Å²) in [5.41, 5.74) is -0.608. The Morgan fingerprint density at radius 2 is 1.54 bits per heavy atom. The van der Waals surface area contributed by atoms with E-state index in [0.717, 1.165) is 25.7 Å². The highest BCUT2D eigenvalue weighted by Crippen LogP contribution is 2.41. The zero-order valence-electron chi connectivity index (χ0n) is 26.6. The second kappa shape index (κ2) is 15.0.